The van der Waals surface area contributed by atoms with Gasteiger partial charge in [0.1, 0.15) is 5.75 Å². The van der Waals surface area contributed by atoms with Crippen molar-refractivity contribution in [1.29, 1.82) is 0 Å². The number of amides is 1. The van der Waals surface area contributed by atoms with E-state index in [1.54, 1.807) is 61.1 Å². The Morgan fingerprint density at radius 1 is 1.21 bits per heavy atom. The Morgan fingerprint density at radius 3 is 2.62 bits per heavy atom. The number of allylic oxidation sites excluding steroid dienone is 1. The molecule has 2 aromatic carbocycles. The van der Waals surface area contributed by atoms with Crippen LogP contribution in [0.4, 0.5) is 5.69 Å². The number of carbonyl (C=O) groups is 1. The summed E-state index contributed by atoms with van der Waals surface area (Å²) in [6, 6.07) is 13.1. The highest BCUT2D eigenvalue weighted by Gasteiger charge is 2.37. The van der Waals surface area contributed by atoms with Gasteiger partial charge in [-0.1, -0.05) is 23.9 Å². The second kappa shape index (κ2) is 9.71. The summed E-state index contributed by atoms with van der Waals surface area (Å²) in [7, 11) is 1.18. The summed E-state index contributed by atoms with van der Waals surface area (Å²) < 4.78 is 33.7. The maximum Gasteiger partial charge on any atom is 0.261 e. The van der Waals surface area contributed by atoms with Crippen LogP contribution in [0.5, 0.6) is 5.75 Å². The van der Waals surface area contributed by atoms with Gasteiger partial charge in [-0.3, -0.25) is 9.52 Å². The Kier molecular flexibility index (Phi) is 6.90. The van der Waals surface area contributed by atoms with Crippen LogP contribution >= 0.6 is 11.8 Å². The number of hydrogen-bond acceptors (Lipinski definition) is 7. The van der Waals surface area contributed by atoms with Crippen molar-refractivity contribution in [3.63, 3.8) is 0 Å². The van der Waals surface area contributed by atoms with Crippen molar-refractivity contribution in [2.75, 3.05) is 38.2 Å². The van der Waals surface area contributed by atoms with Crippen LogP contribution in [0.25, 0.3) is 0 Å². The van der Waals surface area contributed by atoms with E-state index in [2.05, 4.69) is 9.62 Å². The number of rotatable bonds is 6. The van der Waals surface area contributed by atoms with Gasteiger partial charge in [0.15, 0.2) is 5.17 Å². The minimum atomic E-state index is -3.80. The first-order valence-corrected chi connectivity index (χ1v) is 13.4. The number of likely N-dealkylation sites (N-methyl/N-ethyl adjacent to an activating group) is 1. The third-order valence-electron chi connectivity index (χ3n) is 5.72. The molecule has 0 aliphatic carbocycles. The van der Waals surface area contributed by atoms with Gasteiger partial charge in [-0.25, -0.2) is 13.4 Å². The van der Waals surface area contributed by atoms with Crippen molar-refractivity contribution in [3.8, 4) is 5.75 Å². The van der Waals surface area contributed by atoms with Crippen LogP contribution in [-0.2, 0) is 14.8 Å². The van der Waals surface area contributed by atoms with Crippen LogP contribution in [0, 0.1) is 0 Å². The molecule has 4 rings (SSSR count). The van der Waals surface area contributed by atoms with Crippen molar-refractivity contribution < 1.29 is 17.9 Å². The van der Waals surface area contributed by atoms with Gasteiger partial charge >= 0.3 is 0 Å². The summed E-state index contributed by atoms with van der Waals surface area (Å²) in [5.74, 6) is 1.45. The first kappa shape index (κ1) is 24.2. The maximum atomic E-state index is 13.2. The van der Waals surface area contributed by atoms with Crippen LogP contribution in [0.3, 0.4) is 0 Å². The van der Waals surface area contributed by atoms with Crippen LogP contribution in [0.2, 0.25) is 0 Å². The molecule has 1 N–H and O–H groups in total. The zero-order chi connectivity index (χ0) is 24.5. The van der Waals surface area contributed by atoms with Gasteiger partial charge in [-0.15, -0.1) is 0 Å². The minimum absolute atomic E-state index is 0.106. The number of fused-ring (bicyclic) bond motifs is 1. The van der Waals surface area contributed by atoms with Crippen molar-refractivity contribution in [2.24, 2.45) is 4.99 Å². The van der Waals surface area contributed by atoms with Crippen LogP contribution in [0.1, 0.15) is 24.9 Å². The summed E-state index contributed by atoms with van der Waals surface area (Å²) in [6.45, 7) is 2.63. The molecular formula is C24H28N4O4S2. The predicted octanol–water partition coefficient (Wildman–Crippen LogP) is 3.71. The highest BCUT2D eigenvalue weighted by atomic mass is 32.2. The molecule has 2 aliphatic rings. The highest BCUT2D eigenvalue weighted by molar-refractivity contribution is 8.13. The fourth-order valence-corrected chi connectivity index (χ4v) is 6.14. The van der Waals surface area contributed by atoms with E-state index in [-0.39, 0.29) is 16.8 Å². The van der Waals surface area contributed by atoms with E-state index in [0.717, 1.165) is 29.4 Å². The molecule has 0 spiro atoms. The molecule has 2 aliphatic heterocycles. The predicted molar refractivity (Wildman–Crippen MR) is 136 cm³/mol. The lowest BCUT2D eigenvalue weighted by atomic mass is 9.93. The molecule has 8 nitrogen and oxygen atoms in total. The third-order valence-corrected chi connectivity index (χ3v) is 8.19. The topological polar surface area (TPSA) is 91.3 Å². The third kappa shape index (κ3) is 4.78. The van der Waals surface area contributed by atoms with Gasteiger partial charge in [0.05, 0.1) is 29.3 Å². The van der Waals surface area contributed by atoms with Crippen molar-refractivity contribution in [3.05, 3.63) is 65.4 Å². The van der Waals surface area contributed by atoms with Gasteiger partial charge in [0, 0.05) is 32.1 Å². The van der Waals surface area contributed by atoms with Crippen LogP contribution in [-0.4, -0.2) is 62.8 Å². The molecule has 2 aromatic rings. The Hall–Kier alpha value is -2.98. The van der Waals surface area contributed by atoms with Crippen LogP contribution in [0.15, 0.2) is 69.7 Å². The summed E-state index contributed by atoms with van der Waals surface area (Å²) in [4.78, 5) is 21.7. The van der Waals surface area contributed by atoms with Gasteiger partial charge in [0.2, 0.25) is 0 Å². The Balaban J connectivity index is 1.71. The number of aliphatic imine (C=N–C) groups is 1. The molecule has 0 bridgehead atoms. The highest BCUT2D eigenvalue weighted by Crippen LogP contribution is 2.40. The molecule has 0 aromatic heterocycles. The van der Waals surface area contributed by atoms with E-state index < -0.39 is 10.0 Å². The average Bonchev–Trinajstić information content (AvgIpc) is 2.82. The van der Waals surface area contributed by atoms with Gasteiger partial charge < -0.3 is 14.5 Å². The molecular weight excluding hydrogens is 472 g/mol. The van der Waals surface area contributed by atoms with E-state index in [1.165, 1.54) is 19.2 Å². The number of nitrogens with zero attached hydrogens (tertiary/aromatic N) is 3. The molecule has 2 heterocycles. The molecule has 1 unspecified atom stereocenters. The number of carbonyl (C=O) groups excluding carboxylic acids is 1. The number of amidine groups is 1. The van der Waals surface area contributed by atoms with E-state index >= 15 is 0 Å². The van der Waals surface area contributed by atoms with Gasteiger partial charge in [-0.2, -0.15) is 0 Å². The van der Waals surface area contributed by atoms with E-state index in [4.69, 9.17) is 9.73 Å². The molecule has 1 atom stereocenters. The monoisotopic (exact) mass is 500 g/mol. The lowest BCUT2D eigenvalue weighted by Crippen LogP contribution is -2.43. The number of ether oxygens (including phenoxy) is 1. The summed E-state index contributed by atoms with van der Waals surface area (Å²) in [5.41, 5.74) is 2.55. The van der Waals surface area contributed by atoms with Crippen molar-refractivity contribution in [2.45, 2.75) is 24.3 Å². The molecule has 0 saturated carbocycles. The quantitative estimate of drug-likeness (QED) is 0.650. The first-order chi connectivity index (χ1) is 16.2. The molecule has 10 heteroatoms. The number of thioether (sulfide) groups is 1. The number of hydrogen-bond donors (Lipinski definition) is 1. The van der Waals surface area contributed by atoms with Crippen molar-refractivity contribution in [1.82, 2.24) is 9.80 Å². The SMILES string of the molecule is COc1ccc(S(=O)(=O)Nc2cccc(C3C(C(=O)N(C)C)=C(C)N=C4SCCCN43)c2)cc1. The second-order valence-electron chi connectivity index (χ2n) is 8.30. The fraction of sp³-hybridized carbons (Fsp3) is 0.333. The van der Waals surface area contributed by atoms with Gasteiger partial charge in [-0.05, 0) is 55.3 Å². The number of benzene rings is 2. The zero-order valence-corrected chi connectivity index (χ0v) is 21.2. The Labute approximate surface area is 204 Å². The molecule has 1 amide bonds. The molecule has 34 heavy (non-hydrogen) atoms. The summed E-state index contributed by atoms with van der Waals surface area (Å²) >= 11 is 1.68. The normalized spacial score (nSPS) is 18.2. The van der Waals surface area contributed by atoms with Gasteiger partial charge in [0.25, 0.3) is 15.9 Å². The molecule has 0 radical (unpaired) electrons. The lowest BCUT2D eigenvalue weighted by molar-refractivity contribution is -0.125. The smallest absolute Gasteiger partial charge is 0.261 e. The lowest BCUT2D eigenvalue weighted by Gasteiger charge is -2.41. The molecule has 180 valence electrons. The first-order valence-electron chi connectivity index (χ1n) is 10.9. The fourth-order valence-electron chi connectivity index (χ4n) is 4.07. The average molecular weight is 501 g/mol. The minimum Gasteiger partial charge on any atom is -0.497 e. The molecule has 1 fully saturated rings. The molecule has 1 saturated heterocycles. The summed E-state index contributed by atoms with van der Waals surface area (Å²) in [6.07, 6.45) is 0.979. The Bertz CT molecular complexity index is 1250. The second-order valence-corrected chi connectivity index (χ2v) is 11.0. The maximum absolute atomic E-state index is 13.2. The van der Waals surface area contributed by atoms with E-state index in [9.17, 15) is 13.2 Å². The largest absolute Gasteiger partial charge is 0.497 e. The van der Waals surface area contributed by atoms with E-state index in [1.807, 2.05) is 13.0 Å². The Morgan fingerprint density at radius 2 is 1.94 bits per heavy atom. The number of sulfonamides is 1. The van der Waals surface area contributed by atoms with Crippen molar-refractivity contribution >= 4 is 38.5 Å². The standard InChI is InChI=1S/C24H28N4O4S2/c1-16-21(23(29)27(2)3)22(28-13-6-14-33-24(28)25-16)17-7-5-8-18(15-17)26-34(30,31)20-11-9-19(32-4)10-12-20/h5,7-12,15,22,26H,6,13-14H2,1-4H3. The summed E-state index contributed by atoms with van der Waals surface area (Å²) in [5, 5.41) is 0.897. The zero-order valence-electron chi connectivity index (χ0n) is 19.6. The van der Waals surface area contributed by atoms with E-state index in [0.29, 0.717) is 22.7 Å². The number of methoxy groups -OCH3 is 1. The number of nitrogens with one attached hydrogen (secondary N) is 1. The van der Waals surface area contributed by atoms with Crippen LogP contribution < -0.4 is 9.46 Å². The number of anilines is 1.